The van der Waals surface area contributed by atoms with Gasteiger partial charge in [0, 0.05) is 12.1 Å². The molecule has 2 fully saturated rings. The Hall–Kier alpha value is -0.0400. The summed E-state index contributed by atoms with van der Waals surface area (Å²) in [6, 6.07) is 1.60. The van der Waals surface area contributed by atoms with Gasteiger partial charge in [0.1, 0.15) is 0 Å². The first-order valence-corrected chi connectivity index (χ1v) is 7.35. The third-order valence-corrected chi connectivity index (χ3v) is 4.48. The SMILES string of the molecule is CCC(CC1CC1)NC1CCCC(C)(C)C1. The van der Waals surface area contributed by atoms with E-state index in [4.69, 9.17) is 0 Å². The van der Waals surface area contributed by atoms with E-state index in [1.165, 1.54) is 51.4 Å². The summed E-state index contributed by atoms with van der Waals surface area (Å²) in [5, 5.41) is 3.93. The quantitative estimate of drug-likeness (QED) is 0.739. The molecule has 94 valence electrons. The average Bonchev–Trinajstić information content (AvgIpc) is 2.99. The predicted molar refractivity (Wildman–Crippen MR) is 70.6 cm³/mol. The van der Waals surface area contributed by atoms with Gasteiger partial charge in [-0.3, -0.25) is 0 Å². The van der Waals surface area contributed by atoms with Crippen LogP contribution in [0.15, 0.2) is 0 Å². The maximum atomic E-state index is 3.93. The van der Waals surface area contributed by atoms with Crippen molar-refractivity contribution in [1.29, 1.82) is 0 Å². The number of hydrogen-bond acceptors (Lipinski definition) is 1. The molecule has 1 nitrogen and oxygen atoms in total. The second-order valence-electron chi connectivity index (χ2n) is 6.91. The second-order valence-corrected chi connectivity index (χ2v) is 6.91. The maximum Gasteiger partial charge on any atom is 0.00747 e. The molecule has 16 heavy (non-hydrogen) atoms. The Morgan fingerprint density at radius 3 is 2.56 bits per heavy atom. The van der Waals surface area contributed by atoms with E-state index in [-0.39, 0.29) is 0 Å². The summed E-state index contributed by atoms with van der Waals surface area (Å²) in [6.07, 6.45) is 11.4. The van der Waals surface area contributed by atoms with Crippen molar-refractivity contribution in [2.75, 3.05) is 0 Å². The van der Waals surface area contributed by atoms with Crippen molar-refractivity contribution >= 4 is 0 Å². The number of rotatable bonds is 5. The van der Waals surface area contributed by atoms with Crippen molar-refractivity contribution in [3.05, 3.63) is 0 Å². The van der Waals surface area contributed by atoms with Gasteiger partial charge < -0.3 is 5.32 Å². The number of hydrogen-bond donors (Lipinski definition) is 1. The first-order valence-electron chi connectivity index (χ1n) is 7.35. The Morgan fingerprint density at radius 1 is 1.25 bits per heavy atom. The van der Waals surface area contributed by atoms with Gasteiger partial charge in [0.2, 0.25) is 0 Å². The minimum Gasteiger partial charge on any atom is -0.311 e. The normalized spacial score (nSPS) is 31.3. The lowest BCUT2D eigenvalue weighted by atomic mass is 9.75. The molecule has 2 saturated carbocycles. The summed E-state index contributed by atoms with van der Waals surface area (Å²) >= 11 is 0. The Morgan fingerprint density at radius 2 is 2.00 bits per heavy atom. The molecule has 0 aromatic heterocycles. The third-order valence-electron chi connectivity index (χ3n) is 4.48. The van der Waals surface area contributed by atoms with Gasteiger partial charge in [-0.05, 0) is 43.4 Å². The topological polar surface area (TPSA) is 12.0 Å². The summed E-state index contributed by atoms with van der Waals surface area (Å²) in [5.41, 5.74) is 0.577. The monoisotopic (exact) mass is 223 g/mol. The molecule has 0 aromatic rings. The molecule has 0 bridgehead atoms. The van der Waals surface area contributed by atoms with Crippen LogP contribution in [0.1, 0.15) is 72.1 Å². The van der Waals surface area contributed by atoms with Crippen LogP contribution in [-0.2, 0) is 0 Å². The molecule has 0 aliphatic heterocycles. The van der Waals surface area contributed by atoms with E-state index in [1.54, 1.807) is 0 Å². The highest BCUT2D eigenvalue weighted by Gasteiger charge is 2.30. The van der Waals surface area contributed by atoms with Crippen LogP contribution in [0.25, 0.3) is 0 Å². The molecule has 0 aromatic carbocycles. The molecule has 0 saturated heterocycles. The van der Waals surface area contributed by atoms with Crippen molar-refractivity contribution in [2.45, 2.75) is 84.2 Å². The molecule has 2 aliphatic rings. The molecule has 2 aliphatic carbocycles. The van der Waals surface area contributed by atoms with E-state index in [0.29, 0.717) is 5.41 Å². The molecular formula is C15H29N. The van der Waals surface area contributed by atoms with Crippen molar-refractivity contribution in [3.63, 3.8) is 0 Å². The number of nitrogens with one attached hydrogen (secondary N) is 1. The fourth-order valence-electron chi connectivity index (χ4n) is 3.28. The van der Waals surface area contributed by atoms with E-state index in [9.17, 15) is 0 Å². The highest BCUT2D eigenvalue weighted by molar-refractivity contribution is 4.87. The highest BCUT2D eigenvalue weighted by atomic mass is 15.0. The summed E-state index contributed by atoms with van der Waals surface area (Å²) in [4.78, 5) is 0. The fraction of sp³-hybridized carbons (Fsp3) is 1.00. The molecule has 2 unspecified atom stereocenters. The summed E-state index contributed by atoms with van der Waals surface area (Å²) in [5.74, 6) is 1.06. The largest absolute Gasteiger partial charge is 0.311 e. The van der Waals surface area contributed by atoms with Gasteiger partial charge >= 0.3 is 0 Å². The lowest BCUT2D eigenvalue weighted by Gasteiger charge is -2.37. The Labute approximate surface area is 101 Å². The summed E-state index contributed by atoms with van der Waals surface area (Å²) in [7, 11) is 0. The molecule has 2 rings (SSSR count). The van der Waals surface area contributed by atoms with E-state index in [2.05, 4.69) is 26.1 Å². The smallest absolute Gasteiger partial charge is 0.00747 e. The summed E-state index contributed by atoms with van der Waals surface area (Å²) < 4.78 is 0. The molecule has 0 spiro atoms. The molecule has 0 radical (unpaired) electrons. The molecule has 1 heteroatoms. The van der Waals surface area contributed by atoms with Gasteiger partial charge in [-0.15, -0.1) is 0 Å². The fourth-order valence-corrected chi connectivity index (χ4v) is 3.28. The van der Waals surface area contributed by atoms with Crippen LogP contribution >= 0.6 is 0 Å². The first-order chi connectivity index (χ1) is 7.59. The zero-order valence-corrected chi connectivity index (χ0v) is 11.4. The average molecular weight is 223 g/mol. The Balaban J connectivity index is 1.77. The van der Waals surface area contributed by atoms with Crippen LogP contribution in [-0.4, -0.2) is 12.1 Å². The van der Waals surface area contributed by atoms with Gasteiger partial charge in [-0.2, -0.15) is 0 Å². The van der Waals surface area contributed by atoms with Crippen LogP contribution in [0, 0.1) is 11.3 Å². The molecule has 0 amide bonds. The zero-order valence-electron chi connectivity index (χ0n) is 11.4. The van der Waals surface area contributed by atoms with Crippen molar-refractivity contribution in [1.82, 2.24) is 5.32 Å². The van der Waals surface area contributed by atoms with E-state index in [0.717, 1.165) is 18.0 Å². The van der Waals surface area contributed by atoms with Crippen LogP contribution in [0.3, 0.4) is 0 Å². The molecule has 0 heterocycles. The first kappa shape index (κ1) is 12.4. The minimum absolute atomic E-state index is 0.577. The van der Waals surface area contributed by atoms with Crippen molar-refractivity contribution in [3.8, 4) is 0 Å². The molecular weight excluding hydrogens is 194 g/mol. The summed E-state index contributed by atoms with van der Waals surface area (Å²) in [6.45, 7) is 7.21. The van der Waals surface area contributed by atoms with Gasteiger partial charge in [-0.25, -0.2) is 0 Å². The molecule has 1 N–H and O–H groups in total. The zero-order chi connectivity index (χ0) is 11.6. The Bertz CT molecular complexity index is 217. The highest BCUT2D eigenvalue weighted by Crippen LogP contribution is 2.37. The predicted octanol–water partition coefficient (Wildman–Crippen LogP) is 4.12. The lowest BCUT2D eigenvalue weighted by Crippen LogP contribution is -2.43. The van der Waals surface area contributed by atoms with Gasteiger partial charge in [-0.1, -0.05) is 40.0 Å². The van der Waals surface area contributed by atoms with Crippen LogP contribution in [0.4, 0.5) is 0 Å². The van der Waals surface area contributed by atoms with E-state index < -0.39 is 0 Å². The van der Waals surface area contributed by atoms with Gasteiger partial charge in [0.25, 0.3) is 0 Å². The standard InChI is InChI=1S/C15H29N/c1-4-13(10-12-7-8-12)16-14-6-5-9-15(2,3)11-14/h12-14,16H,4-11H2,1-3H3. The second kappa shape index (κ2) is 5.08. The minimum atomic E-state index is 0.577. The lowest BCUT2D eigenvalue weighted by molar-refractivity contribution is 0.185. The maximum absolute atomic E-state index is 3.93. The van der Waals surface area contributed by atoms with E-state index in [1.807, 2.05) is 0 Å². The van der Waals surface area contributed by atoms with Crippen molar-refractivity contribution in [2.24, 2.45) is 11.3 Å². The van der Waals surface area contributed by atoms with Crippen LogP contribution in [0.2, 0.25) is 0 Å². The Kier molecular flexibility index (Phi) is 3.94. The molecule has 2 atom stereocenters. The van der Waals surface area contributed by atoms with Crippen LogP contribution < -0.4 is 5.32 Å². The van der Waals surface area contributed by atoms with Gasteiger partial charge in [0.05, 0.1) is 0 Å². The third kappa shape index (κ3) is 3.76. The van der Waals surface area contributed by atoms with Gasteiger partial charge in [0.15, 0.2) is 0 Å². The van der Waals surface area contributed by atoms with Crippen molar-refractivity contribution < 1.29 is 0 Å². The van der Waals surface area contributed by atoms with Crippen LogP contribution in [0.5, 0.6) is 0 Å². The van der Waals surface area contributed by atoms with E-state index >= 15 is 0 Å².